The number of hydrogen-bond donors (Lipinski definition) is 2. The summed E-state index contributed by atoms with van der Waals surface area (Å²) in [6.07, 6.45) is 4.71. The second-order valence-electron chi connectivity index (χ2n) is 8.45. The van der Waals surface area contributed by atoms with Gasteiger partial charge < -0.3 is 19.9 Å². The summed E-state index contributed by atoms with van der Waals surface area (Å²) in [7, 11) is 1.57. The Labute approximate surface area is 192 Å². The van der Waals surface area contributed by atoms with Crippen molar-refractivity contribution in [3.63, 3.8) is 0 Å². The minimum absolute atomic E-state index is 0.126. The largest absolute Gasteiger partial charge is 0.497 e. The number of hydrogen-bond acceptors (Lipinski definition) is 5. The Balaban J connectivity index is 1.45. The minimum atomic E-state index is -0.519. The molecule has 0 aliphatic carbocycles. The zero-order valence-corrected chi connectivity index (χ0v) is 18.9. The second-order valence-corrected chi connectivity index (χ2v) is 8.45. The number of aromatic nitrogens is 2. The topological polar surface area (TPSA) is 96.4 Å². The monoisotopic (exact) mass is 450 g/mol. The van der Waals surface area contributed by atoms with Gasteiger partial charge in [-0.1, -0.05) is 18.6 Å². The lowest BCUT2D eigenvalue weighted by molar-refractivity contribution is 0.0951. The first-order chi connectivity index (χ1) is 16.0. The van der Waals surface area contributed by atoms with Crippen LogP contribution in [-0.4, -0.2) is 53.6 Å². The Morgan fingerprint density at radius 1 is 1.09 bits per heavy atom. The van der Waals surface area contributed by atoms with Crippen LogP contribution in [0, 0.1) is 0 Å². The van der Waals surface area contributed by atoms with Crippen LogP contribution in [0.1, 0.15) is 41.6 Å². The van der Waals surface area contributed by atoms with E-state index in [9.17, 15) is 14.4 Å². The van der Waals surface area contributed by atoms with E-state index in [1.165, 1.54) is 19.3 Å². The van der Waals surface area contributed by atoms with Crippen LogP contribution in [0.25, 0.3) is 10.9 Å². The lowest BCUT2D eigenvalue weighted by Crippen LogP contribution is -2.35. The molecule has 0 spiro atoms. The number of carbonyl (C=O) groups is 1. The lowest BCUT2D eigenvalue weighted by Gasteiger charge is -2.26. The molecule has 0 saturated carbocycles. The average Bonchev–Trinajstić information content (AvgIpc) is 2.84. The first-order valence-corrected chi connectivity index (χ1v) is 11.5. The molecule has 3 aromatic rings. The summed E-state index contributed by atoms with van der Waals surface area (Å²) in [5.74, 6) is 0.446. The Kier molecular flexibility index (Phi) is 7.24. The smallest absolute Gasteiger partial charge is 0.329 e. The van der Waals surface area contributed by atoms with Gasteiger partial charge in [0.05, 0.1) is 24.6 Å². The molecule has 1 amide bonds. The van der Waals surface area contributed by atoms with Gasteiger partial charge in [0.1, 0.15) is 5.75 Å². The van der Waals surface area contributed by atoms with E-state index in [1.807, 2.05) is 12.1 Å². The maximum Gasteiger partial charge on any atom is 0.329 e. The maximum absolute atomic E-state index is 13.0. The lowest BCUT2D eigenvalue weighted by atomic mass is 10.1. The minimum Gasteiger partial charge on any atom is -0.497 e. The molecular formula is C25H30N4O4. The van der Waals surface area contributed by atoms with E-state index >= 15 is 0 Å². The Morgan fingerprint density at radius 3 is 2.70 bits per heavy atom. The zero-order chi connectivity index (χ0) is 23.2. The number of fused-ring (bicyclic) bond motifs is 1. The number of benzene rings is 2. The third-order valence-corrected chi connectivity index (χ3v) is 6.10. The van der Waals surface area contributed by atoms with Crippen molar-refractivity contribution in [3.8, 4) is 5.75 Å². The average molecular weight is 451 g/mol. The molecule has 0 bridgehead atoms. The molecule has 0 atom stereocenters. The van der Waals surface area contributed by atoms with Crippen LogP contribution in [0.5, 0.6) is 5.75 Å². The van der Waals surface area contributed by atoms with Crippen molar-refractivity contribution in [2.75, 3.05) is 33.3 Å². The molecule has 8 nitrogen and oxygen atoms in total. The van der Waals surface area contributed by atoms with Gasteiger partial charge in [0.25, 0.3) is 11.5 Å². The summed E-state index contributed by atoms with van der Waals surface area (Å²) in [6.45, 7) is 3.98. The van der Waals surface area contributed by atoms with E-state index in [4.69, 9.17) is 4.74 Å². The molecule has 2 heterocycles. The molecule has 2 N–H and O–H groups in total. The fourth-order valence-electron chi connectivity index (χ4n) is 4.28. The third-order valence-electron chi connectivity index (χ3n) is 6.10. The van der Waals surface area contributed by atoms with Crippen molar-refractivity contribution in [2.24, 2.45) is 0 Å². The fourth-order valence-corrected chi connectivity index (χ4v) is 4.28. The number of aromatic amines is 1. The molecule has 2 aromatic carbocycles. The summed E-state index contributed by atoms with van der Waals surface area (Å²) in [5, 5.41) is 3.29. The van der Waals surface area contributed by atoms with Gasteiger partial charge in [-0.25, -0.2) is 4.79 Å². The molecule has 1 aliphatic rings. The molecule has 8 heteroatoms. The molecule has 4 rings (SSSR count). The van der Waals surface area contributed by atoms with Crippen molar-refractivity contribution < 1.29 is 9.53 Å². The van der Waals surface area contributed by atoms with Crippen LogP contribution in [0.3, 0.4) is 0 Å². The molecule has 1 saturated heterocycles. The van der Waals surface area contributed by atoms with Crippen molar-refractivity contribution >= 4 is 16.8 Å². The van der Waals surface area contributed by atoms with Gasteiger partial charge in [0.15, 0.2) is 0 Å². The van der Waals surface area contributed by atoms with Gasteiger partial charge in [-0.05, 0) is 74.8 Å². The van der Waals surface area contributed by atoms with Crippen LogP contribution in [0.2, 0.25) is 0 Å². The molecule has 1 aromatic heterocycles. The molecule has 174 valence electrons. The number of amides is 1. The van der Waals surface area contributed by atoms with Crippen LogP contribution in [-0.2, 0) is 6.54 Å². The number of nitrogens with zero attached hydrogens (tertiary/aromatic N) is 2. The number of H-pyrrole nitrogens is 1. The number of piperidine rings is 1. The highest BCUT2D eigenvalue weighted by Gasteiger charge is 2.13. The molecule has 0 radical (unpaired) electrons. The summed E-state index contributed by atoms with van der Waals surface area (Å²) < 4.78 is 6.36. The molecular weight excluding hydrogens is 420 g/mol. The normalized spacial score (nSPS) is 14.3. The van der Waals surface area contributed by atoms with Crippen molar-refractivity contribution in [1.82, 2.24) is 19.8 Å². The standard InChI is InChI=1S/C25H30N4O4/c1-33-20-8-5-7-18(15-20)17-29-24(31)21-10-9-19(16-22(21)27-25(29)32)23(30)26-11-6-14-28-12-3-2-4-13-28/h5,7-10,15-16H,2-4,6,11-14,17H2,1H3,(H,26,30)(H,27,32). The van der Waals surface area contributed by atoms with E-state index in [1.54, 1.807) is 37.4 Å². The van der Waals surface area contributed by atoms with Gasteiger partial charge >= 0.3 is 5.69 Å². The predicted molar refractivity (Wildman–Crippen MR) is 128 cm³/mol. The first kappa shape index (κ1) is 22.8. The highest BCUT2D eigenvalue weighted by molar-refractivity contribution is 5.97. The highest BCUT2D eigenvalue weighted by Crippen LogP contribution is 2.14. The van der Waals surface area contributed by atoms with E-state index in [0.717, 1.165) is 36.2 Å². The first-order valence-electron chi connectivity index (χ1n) is 11.5. The van der Waals surface area contributed by atoms with Gasteiger partial charge in [0.2, 0.25) is 0 Å². The van der Waals surface area contributed by atoms with Crippen molar-refractivity contribution in [3.05, 3.63) is 74.4 Å². The number of rotatable bonds is 8. The van der Waals surface area contributed by atoms with Gasteiger partial charge in [-0.2, -0.15) is 0 Å². The van der Waals surface area contributed by atoms with E-state index < -0.39 is 11.2 Å². The number of nitrogens with one attached hydrogen (secondary N) is 2. The van der Waals surface area contributed by atoms with Gasteiger partial charge in [-0.3, -0.25) is 14.2 Å². The van der Waals surface area contributed by atoms with Crippen LogP contribution < -0.4 is 21.3 Å². The van der Waals surface area contributed by atoms with E-state index in [0.29, 0.717) is 28.8 Å². The predicted octanol–water partition coefficient (Wildman–Crippen LogP) is 2.35. The van der Waals surface area contributed by atoms with Crippen molar-refractivity contribution in [1.29, 1.82) is 0 Å². The van der Waals surface area contributed by atoms with Gasteiger partial charge in [0, 0.05) is 12.1 Å². The maximum atomic E-state index is 13.0. The van der Waals surface area contributed by atoms with E-state index in [-0.39, 0.29) is 12.5 Å². The summed E-state index contributed by atoms with van der Waals surface area (Å²) in [6, 6.07) is 12.0. The number of ether oxygens (including phenoxy) is 1. The molecule has 33 heavy (non-hydrogen) atoms. The van der Waals surface area contributed by atoms with Crippen LogP contribution in [0.4, 0.5) is 0 Å². The molecule has 0 unspecified atom stereocenters. The zero-order valence-electron chi connectivity index (χ0n) is 18.9. The summed E-state index contributed by atoms with van der Waals surface area (Å²) in [4.78, 5) is 43.3. The SMILES string of the molecule is COc1cccc(Cn2c(=O)[nH]c3cc(C(=O)NCCCN4CCCCC4)ccc3c2=O)c1. The number of likely N-dealkylation sites (tertiary alicyclic amines) is 1. The Hall–Kier alpha value is -3.39. The molecule has 1 fully saturated rings. The second kappa shape index (κ2) is 10.5. The fraction of sp³-hybridized carbons (Fsp3) is 0.400. The van der Waals surface area contributed by atoms with Crippen molar-refractivity contribution in [2.45, 2.75) is 32.2 Å². The third kappa shape index (κ3) is 5.51. The van der Waals surface area contributed by atoms with Crippen LogP contribution in [0.15, 0.2) is 52.1 Å². The summed E-state index contributed by atoms with van der Waals surface area (Å²) >= 11 is 0. The Bertz CT molecular complexity index is 1240. The van der Waals surface area contributed by atoms with Gasteiger partial charge in [-0.15, -0.1) is 0 Å². The molecule has 1 aliphatic heterocycles. The summed E-state index contributed by atoms with van der Waals surface area (Å²) in [5.41, 5.74) is 0.634. The highest BCUT2D eigenvalue weighted by atomic mass is 16.5. The number of carbonyl (C=O) groups excluding carboxylic acids is 1. The van der Waals surface area contributed by atoms with Crippen LogP contribution >= 0.6 is 0 Å². The number of methoxy groups -OCH3 is 1. The van der Waals surface area contributed by atoms with E-state index in [2.05, 4.69) is 15.2 Å². The Morgan fingerprint density at radius 2 is 1.91 bits per heavy atom. The quantitative estimate of drug-likeness (QED) is 0.514.